The summed E-state index contributed by atoms with van der Waals surface area (Å²) in [4.78, 5) is 11.5. The molecule has 0 atom stereocenters. The highest BCUT2D eigenvalue weighted by atomic mass is 79.9. The summed E-state index contributed by atoms with van der Waals surface area (Å²) in [7, 11) is 1.45. The van der Waals surface area contributed by atoms with Crippen LogP contribution in [-0.4, -0.2) is 19.6 Å². The fourth-order valence-electron chi connectivity index (χ4n) is 1.66. The molecule has 0 heterocycles. The number of hydrogen-bond acceptors (Lipinski definition) is 3. The lowest BCUT2D eigenvalue weighted by molar-refractivity contribution is -0.146. The van der Waals surface area contributed by atoms with Crippen molar-refractivity contribution in [2.24, 2.45) is 5.41 Å². The van der Waals surface area contributed by atoms with Gasteiger partial charge in [0.15, 0.2) is 0 Å². The lowest BCUT2D eigenvalue weighted by atomic mass is 10.1. The molecule has 1 aromatic rings. The Hall–Kier alpha value is -1.03. The maximum Gasteiger partial charge on any atom is 0.313 e. The van der Waals surface area contributed by atoms with Crippen molar-refractivity contribution in [1.29, 1.82) is 0 Å². The molecule has 0 amide bonds. The highest BCUT2D eigenvalue weighted by Crippen LogP contribution is 2.46. The zero-order chi connectivity index (χ0) is 11.6. The molecular formula is C12H14BrNO2. The first-order chi connectivity index (χ1) is 7.66. The number of anilines is 1. The van der Waals surface area contributed by atoms with Crippen LogP contribution in [0.1, 0.15) is 12.8 Å². The van der Waals surface area contributed by atoms with E-state index in [1.54, 1.807) is 0 Å². The molecule has 0 unspecified atom stereocenters. The Morgan fingerprint density at radius 3 is 2.56 bits per heavy atom. The van der Waals surface area contributed by atoms with E-state index >= 15 is 0 Å². The fraction of sp³-hybridized carbons (Fsp3) is 0.417. The van der Waals surface area contributed by atoms with E-state index in [1.165, 1.54) is 7.11 Å². The number of ether oxygens (including phenoxy) is 1. The molecule has 0 bridgehead atoms. The van der Waals surface area contributed by atoms with Gasteiger partial charge in [0.25, 0.3) is 0 Å². The summed E-state index contributed by atoms with van der Waals surface area (Å²) >= 11 is 3.38. The second-order valence-corrected chi connectivity index (χ2v) is 5.05. The molecule has 0 radical (unpaired) electrons. The van der Waals surface area contributed by atoms with Gasteiger partial charge in [-0.25, -0.2) is 0 Å². The Labute approximate surface area is 103 Å². The first-order valence-electron chi connectivity index (χ1n) is 5.24. The SMILES string of the molecule is COC(=O)C1(CNc2ccc(Br)cc2)CC1. The standard InChI is InChI=1S/C12H14BrNO2/c1-16-11(15)12(6-7-12)8-14-10-4-2-9(13)3-5-10/h2-5,14H,6-8H2,1H3. The molecule has 0 spiro atoms. The largest absolute Gasteiger partial charge is 0.469 e. The topological polar surface area (TPSA) is 38.3 Å². The zero-order valence-corrected chi connectivity index (χ0v) is 10.7. The van der Waals surface area contributed by atoms with Gasteiger partial charge in [-0.1, -0.05) is 15.9 Å². The van der Waals surface area contributed by atoms with Crippen molar-refractivity contribution in [3.8, 4) is 0 Å². The van der Waals surface area contributed by atoms with Crippen LogP contribution in [0.2, 0.25) is 0 Å². The Bertz CT molecular complexity index is 385. The number of rotatable bonds is 4. The molecule has 0 aliphatic heterocycles. The summed E-state index contributed by atoms with van der Waals surface area (Å²) in [5.41, 5.74) is 0.750. The average molecular weight is 284 g/mol. The van der Waals surface area contributed by atoms with Crippen LogP contribution in [0.3, 0.4) is 0 Å². The third-order valence-corrected chi connectivity index (χ3v) is 3.48. The highest BCUT2D eigenvalue weighted by molar-refractivity contribution is 9.10. The maximum absolute atomic E-state index is 11.5. The predicted molar refractivity (Wildman–Crippen MR) is 66.3 cm³/mol. The normalized spacial score (nSPS) is 16.6. The molecule has 1 N–H and O–H groups in total. The van der Waals surface area contributed by atoms with E-state index in [4.69, 9.17) is 4.74 Å². The van der Waals surface area contributed by atoms with Crippen LogP contribution in [0.25, 0.3) is 0 Å². The zero-order valence-electron chi connectivity index (χ0n) is 9.13. The molecule has 0 saturated heterocycles. The fourth-order valence-corrected chi connectivity index (χ4v) is 1.92. The van der Waals surface area contributed by atoms with Gasteiger partial charge in [-0.05, 0) is 37.1 Å². The van der Waals surface area contributed by atoms with E-state index in [0.717, 1.165) is 23.0 Å². The second-order valence-electron chi connectivity index (χ2n) is 4.13. The van der Waals surface area contributed by atoms with Crippen LogP contribution in [-0.2, 0) is 9.53 Å². The predicted octanol–water partition coefficient (Wildman–Crippen LogP) is 2.81. The number of carbonyl (C=O) groups is 1. The Kier molecular flexibility index (Phi) is 3.19. The summed E-state index contributed by atoms with van der Waals surface area (Å²) in [5, 5.41) is 3.27. The number of halogens is 1. The summed E-state index contributed by atoms with van der Waals surface area (Å²) in [5.74, 6) is -0.0999. The lowest BCUT2D eigenvalue weighted by Crippen LogP contribution is -2.25. The number of benzene rings is 1. The number of carbonyl (C=O) groups excluding carboxylic acids is 1. The molecule has 0 aromatic heterocycles. The summed E-state index contributed by atoms with van der Waals surface area (Å²) in [6.07, 6.45) is 1.84. The maximum atomic E-state index is 11.5. The van der Waals surface area contributed by atoms with E-state index < -0.39 is 0 Å². The average Bonchev–Trinajstić information content (AvgIpc) is 3.08. The molecule has 2 rings (SSSR count). The first kappa shape index (κ1) is 11.5. The van der Waals surface area contributed by atoms with Gasteiger partial charge in [-0.3, -0.25) is 4.79 Å². The van der Waals surface area contributed by atoms with Crippen LogP contribution in [0.4, 0.5) is 5.69 Å². The summed E-state index contributed by atoms with van der Waals surface area (Å²) in [6, 6.07) is 7.91. The van der Waals surface area contributed by atoms with E-state index in [0.29, 0.717) is 6.54 Å². The van der Waals surface area contributed by atoms with Crippen LogP contribution < -0.4 is 5.32 Å². The minimum atomic E-state index is -0.276. The van der Waals surface area contributed by atoms with Crippen LogP contribution >= 0.6 is 15.9 Å². The number of methoxy groups -OCH3 is 1. The van der Waals surface area contributed by atoms with Crippen molar-refractivity contribution in [1.82, 2.24) is 0 Å². The number of nitrogens with one attached hydrogen (secondary N) is 1. The van der Waals surface area contributed by atoms with Gasteiger partial charge in [0.1, 0.15) is 0 Å². The number of hydrogen-bond donors (Lipinski definition) is 1. The molecule has 1 aromatic carbocycles. The van der Waals surface area contributed by atoms with E-state index in [2.05, 4.69) is 21.2 Å². The molecular weight excluding hydrogens is 270 g/mol. The first-order valence-corrected chi connectivity index (χ1v) is 6.03. The van der Waals surface area contributed by atoms with Crippen molar-refractivity contribution in [3.05, 3.63) is 28.7 Å². The minimum absolute atomic E-state index is 0.0999. The molecule has 1 aliphatic rings. The smallest absolute Gasteiger partial charge is 0.313 e. The molecule has 16 heavy (non-hydrogen) atoms. The van der Waals surface area contributed by atoms with Gasteiger partial charge in [0, 0.05) is 16.7 Å². The molecule has 4 heteroatoms. The van der Waals surface area contributed by atoms with Gasteiger partial charge in [-0.15, -0.1) is 0 Å². The van der Waals surface area contributed by atoms with Crippen LogP contribution in [0.15, 0.2) is 28.7 Å². The Morgan fingerprint density at radius 2 is 2.06 bits per heavy atom. The molecule has 1 fully saturated rings. The van der Waals surface area contributed by atoms with E-state index in [-0.39, 0.29) is 11.4 Å². The lowest BCUT2D eigenvalue weighted by Gasteiger charge is -2.14. The van der Waals surface area contributed by atoms with Gasteiger partial charge >= 0.3 is 5.97 Å². The van der Waals surface area contributed by atoms with Crippen molar-refractivity contribution in [2.45, 2.75) is 12.8 Å². The monoisotopic (exact) mass is 283 g/mol. The van der Waals surface area contributed by atoms with E-state index in [1.807, 2.05) is 24.3 Å². The Balaban J connectivity index is 1.93. The van der Waals surface area contributed by atoms with E-state index in [9.17, 15) is 4.79 Å². The van der Waals surface area contributed by atoms with Gasteiger partial charge in [0.2, 0.25) is 0 Å². The molecule has 86 valence electrons. The second kappa shape index (κ2) is 4.45. The van der Waals surface area contributed by atoms with Crippen molar-refractivity contribution in [2.75, 3.05) is 19.0 Å². The van der Waals surface area contributed by atoms with Crippen molar-refractivity contribution < 1.29 is 9.53 Å². The van der Waals surface area contributed by atoms with Gasteiger partial charge in [0.05, 0.1) is 12.5 Å². The third-order valence-electron chi connectivity index (χ3n) is 2.95. The van der Waals surface area contributed by atoms with Gasteiger partial charge < -0.3 is 10.1 Å². The van der Waals surface area contributed by atoms with Crippen LogP contribution in [0, 0.1) is 5.41 Å². The molecule has 1 saturated carbocycles. The molecule has 3 nitrogen and oxygen atoms in total. The molecule has 1 aliphatic carbocycles. The highest BCUT2D eigenvalue weighted by Gasteiger charge is 2.50. The van der Waals surface area contributed by atoms with Crippen LogP contribution in [0.5, 0.6) is 0 Å². The third kappa shape index (κ3) is 2.38. The summed E-state index contributed by atoms with van der Waals surface area (Å²) < 4.78 is 5.85. The summed E-state index contributed by atoms with van der Waals surface area (Å²) in [6.45, 7) is 0.654. The number of esters is 1. The minimum Gasteiger partial charge on any atom is -0.469 e. The van der Waals surface area contributed by atoms with Crippen molar-refractivity contribution in [3.63, 3.8) is 0 Å². The Morgan fingerprint density at radius 1 is 1.44 bits per heavy atom. The van der Waals surface area contributed by atoms with Gasteiger partial charge in [-0.2, -0.15) is 0 Å². The quantitative estimate of drug-likeness (QED) is 0.864. The van der Waals surface area contributed by atoms with Crippen molar-refractivity contribution >= 4 is 27.6 Å².